The second-order valence-electron chi connectivity index (χ2n) is 7.89. The van der Waals surface area contributed by atoms with E-state index in [1.54, 1.807) is 0 Å². The Morgan fingerprint density at radius 2 is 1.93 bits per heavy atom. The van der Waals surface area contributed by atoms with Gasteiger partial charge in [0.2, 0.25) is 5.91 Å². The average molecular weight is 436 g/mol. The Balaban J connectivity index is 1.69. The van der Waals surface area contributed by atoms with Gasteiger partial charge < -0.3 is 5.32 Å². The van der Waals surface area contributed by atoms with E-state index in [1.165, 1.54) is 43.9 Å². The number of rotatable bonds is 8. The second-order valence-corrected chi connectivity index (χ2v) is 9.27. The number of halogens is 1. The minimum absolute atomic E-state index is 0.0495. The smallest absolute Gasteiger partial charge is 0.230 e. The molecule has 1 aromatic carbocycles. The lowest BCUT2D eigenvalue weighted by Crippen LogP contribution is -2.31. The number of nitrogens with zero attached hydrogens (tertiary/aromatic N) is 4. The van der Waals surface area contributed by atoms with Gasteiger partial charge in [0.05, 0.1) is 11.8 Å². The van der Waals surface area contributed by atoms with Gasteiger partial charge in [-0.3, -0.25) is 14.3 Å². The first-order chi connectivity index (χ1) is 14.0. The van der Waals surface area contributed by atoms with Gasteiger partial charge in [-0.2, -0.15) is 0 Å². The molecule has 1 atom stereocenters. The molecule has 1 aromatic heterocycles. The molecule has 1 N–H and O–H groups in total. The molecule has 8 heteroatoms. The molecule has 3 rings (SSSR count). The Morgan fingerprint density at radius 1 is 1.24 bits per heavy atom. The van der Waals surface area contributed by atoms with Crippen LogP contribution in [-0.4, -0.2) is 52.0 Å². The summed E-state index contributed by atoms with van der Waals surface area (Å²) in [5.41, 5.74) is 0.938. The van der Waals surface area contributed by atoms with Crippen LogP contribution in [0, 0.1) is 5.92 Å². The van der Waals surface area contributed by atoms with E-state index < -0.39 is 0 Å². The summed E-state index contributed by atoms with van der Waals surface area (Å²) in [6.07, 6.45) is 6.35. The molecule has 6 nitrogen and oxygen atoms in total. The van der Waals surface area contributed by atoms with Crippen molar-refractivity contribution in [1.29, 1.82) is 0 Å². The number of nitrogens with one attached hydrogen (secondary N) is 1. The van der Waals surface area contributed by atoms with Crippen LogP contribution in [0.3, 0.4) is 0 Å². The molecule has 1 aliphatic rings. The van der Waals surface area contributed by atoms with Crippen LogP contribution >= 0.6 is 23.4 Å². The van der Waals surface area contributed by atoms with E-state index in [0.717, 1.165) is 18.1 Å². The summed E-state index contributed by atoms with van der Waals surface area (Å²) in [6, 6.07) is 7.68. The monoisotopic (exact) mass is 435 g/mol. The lowest BCUT2D eigenvalue weighted by Gasteiger charge is -2.21. The maximum absolute atomic E-state index is 12.4. The van der Waals surface area contributed by atoms with Crippen molar-refractivity contribution < 1.29 is 4.79 Å². The van der Waals surface area contributed by atoms with E-state index in [9.17, 15) is 4.79 Å². The summed E-state index contributed by atoms with van der Waals surface area (Å²) in [6.45, 7) is 2.87. The van der Waals surface area contributed by atoms with E-state index in [1.807, 2.05) is 42.9 Å². The van der Waals surface area contributed by atoms with Gasteiger partial charge in [-0.05, 0) is 64.0 Å². The van der Waals surface area contributed by atoms with E-state index in [2.05, 4.69) is 27.3 Å². The number of benzene rings is 1. The van der Waals surface area contributed by atoms with Gasteiger partial charge in [-0.25, -0.2) is 0 Å². The highest BCUT2D eigenvalue weighted by molar-refractivity contribution is 7.99. The molecular weight excluding hydrogens is 406 g/mol. The Bertz CT molecular complexity index is 802. The maximum Gasteiger partial charge on any atom is 0.230 e. The van der Waals surface area contributed by atoms with Gasteiger partial charge in [0, 0.05) is 17.3 Å². The van der Waals surface area contributed by atoms with Gasteiger partial charge in [-0.1, -0.05) is 42.6 Å². The van der Waals surface area contributed by atoms with E-state index >= 15 is 0 Å². The SMILES string of the molecule is CC(c1nnc(SCC(=O)NCC2CCCCC2)n1-c1ccc(Cl)cc1)N(C)C. The van der Waals surface area contributed by atoms with Crippen molar-refractivity contribution in [2.45, 2.75) is 50.2 Å². The average Bonchev–Trinajstić information content (AvgIpc) is 3.15. The minimum Gasteiger partial charge on any atom is -0.355 e. The van der Waals surface area contributed by atoms with E-state index in [4.69, 9.17) is 11.6 Å². The van der Waals surface area contributed by atoms with Gasteiger partial charge in [0.25, 0.3) is 0 Å². The number of amides is 1. The number of carbonyl (C=O) groups excluding carboxylic acids is 1. The first-order valence-electron chi connectivity index (χ1n) is 10.2. The van der Waals surface area contributed by atoms with Crippen LogP contribution in [0.1, 0.15) is 50.9 Å². The number of hydrogen-bond donors (Lipinski definition) is 1. The molecular formula is C21H30ClN5OS. The van der Waals surface area contributed by atoms with Crippen molar-refractivity contribution in [2.24, 2.45) is 5.92 Å². The first-order valence-corrected chi connectivity index (χ1v) is 11.6. The van der Waals surface area contributed by atoms with Crippen LogP contribution in [0.2, 0.25) is 5.02 Å². The third kappa shape index (κ3) is 5.96. The van der Waals surface area contributed by atoms with Crippen LogP contribution in [0.5, 0.6) is 0 Å². The molecule has 1 aliphatic carbocycles. The third-order valence-electron chi connectivity index (χ3n) is 5.54. The zero-order chi connectivity index (χ0) is 20.8. The molecule has 0 saturated heterocycles. The highest BCUT2D eigenvalue weighted by Crippen LogP contribution is 2.27. The van der Waals surface area contributed by atoms with Crippen LogP contribution < -0.4 is 5.32 Å². The lowest BCUT2D eigenvalue weighted by molar-refractivity contribution is -0.118. The highest BCUT2D eigenvalue weighted by atomic mass is 35.5. The van der Waals surface area contributed by atoms with Gasteiger partial charge in [-0.15, -0.1) is 10.2 Å². The molecule has 1 unspecified atom stereocenters. The normalized spacial score (nSPS) is 16.2. The summed E-state index contributed by atoms with van der Waals surface area (Å²) in [5.74, 6) is 1.84. The predicted molar refractivity (Wildman–Crippen MR) is 119 cm³/mol. The van der Waals surface area contributed by atoms with E-state index in [-0.39, 0.29) is 11.9 Å². The third-order valence-corrected chi connectivity index (χ3v) is 6.72. The number of thioether (sulfide) groups is 1. The fourth-order valence-electron chi connectivity index (χ4n) is 3.54. The molecule has 158 valence electrons. The maximum atomic E-state index is 12.4. The van der Waals surface area contributed by atoms with Crippen molar-refractivity contribution in [3.63, 3.8) is 0 Å². The fourth-order valence-corrected chi connectivity index (χ4v) is 4.45. The van der Waals surface area contributed by atoms with Gasteiger partial charge in [0.1, 0.15) is 0 Å². The summed E-state index contributed by atoms with van der Waals surface area (Å²) < 4.78 is 2.01. The summed E-state index contributed by atoms with van der Waals surface area (Å²) in [7, 11) is 4.02. The minimum atomic E-state index is 0.0495. The van der Waals surface area contributed by atoms with Crippen molar-refractivity contribution >= 4 is 29.3 Å². The van der Waals surface area contributed by atoms with E-state index in [0.29, 0.717) is 21.8 Å². The number of hydrogen-bond acceptors (Lipinski definition) is 5. The summed E-state index contributed by atoms with van der Waals surface area (Å²) in [4.78, 5) is 14.5. The molecule has 0 bridgehead atoms. The fraction of sp³-hybridized carbons (Fsp3) is 0.571. The Labute approximate surface area is 182 Å². The topological polar surface area (TPSA) is 63.1 Å². The summed E-state index contributed by atoms with van der Waals surface area (Å²) in [5, 5.41) is 13.3. The second kappa shape index (κ2) is 10.5. The van der Waals surface area contributed by atoms with Crippen LogP contribution in [-0.2, 0) is 4.79 Å². The van der Waals surface area contributed by atoms with Crippen molar-refractivity contribution in [3.05, 3.63) is 35.1 Å². The molecule has 1 heterocycles. The number of carbonyl (C=O) groups is 1. The van der Waals surface area contributed by atoms with Crippen LogP contribution in [0.25, 0.3) is 5.69 Å². The molecule has 0 spiro atoms. The largest absolute Gasteiger partial charge is 0.355 e. The van der Waals surface area contributed by atoms with Crippen LogP contribution in [0.15, 0.2) is 29.4 Å². The Kier molecular flexibility index (Phi) is 7.98. The molecule has 1 saturated carbocycles. The molecule has 29 heavy (non-hydrogen) atoms. The highest BCUT2D eigenvalue weighted by Gasteiger charge is 2.22. The zero-order valence-electron chi connectivity index (χ0n) is 17.4. The Hall–Kier alpha value is -1.57. The zero-order valence-corrected chi connectivity index (χ0v) is 19.0. The predicted octanol–water partition coefficient (Wildman–Crippen LogP) is 4.33. The van der Waals surface area contributed by atoms with Gasteiger partial charge >= 0.3 is 0 Å². The molecule has 1 fully saturated rings. The van der Waals surface area contributed by atoms with Crippen molar-refractivity contribution in [1.82, 2.24) is 25.0 Å². The molecule has 0 radical (unpaired) electrons. The lowest BCUT2D eigenvalue weighted by atomic mass is 9.89. The standard InChI is InChI=1S/C21H30ClN5OS/c1-15(26(2)3)20-24-25-21(27(20)18-11-9-17(22)10-12-18)29-14-19(28)23-13-16-7-5-4-6-8-16/h9-12,15-16H,4-8,13-14H2,1-3H3,(H,23,28). The van der Waals surface area contributed by atoms with Crippen molar-refractivity contribution in [3.8, 4) is 5.69 Å². The molecule has 2 aromatic rings. The quantitative estimate of drug-likeness (QED) is 0.625. The Morgan fingerprint density at radius 3 is 2.59 bits per heavy atom. The molecule has 0 aliphatic heterocycles. The summed E-state index contributed by atoms with van der Waals surface area (Å²) >= 11 is 7.48. The number of aromatic nitrogens is 3. The van der Waals surface area contributed by atoms with Gasteiger partial charge in [0.15, 0.2) is 11.0 Å². The molecule has 1 amide bonds. The first kappa shape index (κ1) is 22.1. The van der Waals surface area contributed by atoms with Crippen LogP contribution in [0.4, 0.5) is 0 Å². The van der Waals surface area contributed by atoms with Crippen molar-refractivity contribution in [2.75, 3.05) is 26.4 Å².